The van der Waals surface area contributed by atoms with Gasteiger partial charge >= 0.3 is 0 Å². The molecule has 1 aliphatic heterocycles. The summed E-state index contributed by atoms with van der Waals surface area (Å²) in [5.74, 6) is 0.202. The first-order valence-corrected chi connectivity index (χ1v) is 5.44. The highest BCUT2D eigenvalue weighted by Gasteiger charge is 2.24. The molecule has 0 aliphatic carbocycles. The van der Waals surface area contributed by atoms with Crippen LogP contribution in [-0.2, 0) is 11.2 Å². The van der Waals surface area contributed by atoms with Gasteiger partial charge in [-0.15, -0.1) is 0 Å². The largest absolute Gasteiger partial charge is 0.393 e. The van der Waals surface area contributed by atoms with Crippen molar-refractivity contribution in [3.8, 4) is 0 Å². The molecule has 1 aromatic heterocycles. The molecule has 15 heavy (non-hydrogen) atoms. The molecule has 2 heterocycles. The lowest BCUT2D eigenvalue weighted by molar-refractivity contribution is -0.0353. The van der Waals surface area contributed by atoms with Crippen molar-refractivity contribution in [2.24, 2.45) is 5.92 Å². The molecule has 0 saturated carbocycles. The van der Waals surface area contributed by atoms with E-state index in [1.165, 1.54) is 0 Å². The Morgan fingerprint density at radius 1 is 1.53 bits per heavy atom. The molecule has 0 spiro atoms. The van der Waals surface area contributed by atoms with E-state index < -0.39 is 0 Å². The van der Waals surface area contributed by atoms with Gasteiger partial charge in [0.25, 0.3) is 0 Å². The number of rotatable bonds is 2. The summed E-state index contributed by atoms with van der Waals surface area (Å²) in [6.45, 7) is 3.31. The third-order valence-electron chi connectivity index (χ3n) is 2.85. The minimum absolute atomic E-state index is 0.202. The molecule has 1 aliphatic rings. The van der Waals surface area contributed by atoms with Crippen molar-refractivity contribution >= 4 is 0 Å². The number of pyridine rings is 1. The summed E-state index contributed by atoms with van der Waals surface area (Å²) >= 11 is 0. The number of hydrogen-bond donors (Lipinski definition) is 1. The Morgan fingerprint density at radius 3 is 3.13 bits per heavy atom. The average Bonchev–Trinajstić information content (AvgIpc) is 2.22. The Labute approximate surface area is 90.1 Å². The maximum absolute atomic E-state index is 9.79. The number of aryl methyl sites for hydroxylation is 1. The normalized spacial score (nSPS) is 26.5. The molecule has 2 atom stereocenters. The minimum Gasteiger partial charge on any atom is -0.393 e. The summed E-state index contributed by atoms with van der Waals surface area (Å²) in [5.41, 5.74) is 2.07. The standard InChI is InChI=1S/C12H17NO2/c1-9-3-2-4-11(13-9)7-10-8-15-6-5-12(10)14/h2-4,10,12,14H,5-8H2,1H3. The Hall–Kier alpha value is -0.930. The molecule has 0 aromatic carbocycles. The van der Waals surface area contributed by atoms with Crippen LogP contribution in [0.3, 0.4) is 0 Å². The van der Waals surface area contributed by atoms with Crippen molar-refractivity contribution in [2.75, 3.05) is 13.2 Å². The smallest absolute Gasteiger partial charge is 0.0616 e. The van der Waals surface area contributed by atoms with E-state index in [9.17, 15) is 5.11 Å². The monoisotopic (exact) mass is 207 g/mol. The summed E-state index contributed by atoms with van der Waals surface area (Å²) in [4.78, 5) is 4.44. The van der Waals surface area contributed by atoms with Gasteiger partial charge in [-0.2, -0.15) is 0 Å². The van der Waals surface area contributed by atoms with Crippen LogP contribution in [0.25, 0.3) is 0 Å². The van der Waals surface area contributed by atoms with Gasteiger partial charge in [0.15, 0.2) is 0 Å². The van der Waals surface area contributed by atoms with Crippen LogP contribution in [0, 0.1) is 12.8 Å². The molecule has 3 heteroatoms. The van der Waals surface area contributed by atoms with Crippen molar-refractivity contribution in [1.82, 2.24) is 4.98 Å². The summed E-state index contributed by atoms with van der Waals surface area (Å²) in [7, 11) is 0. The molecule has 3 nitrogen and oxygen atoms in total. The predicted molar refractivity (Wildman–Crippen MR) is 57.6 cm³/mol. The van der Waals surface area contributed by atoms with E-state index in [1.807, 2.05) is 25.1 Å². The molecule has 2 rings (SSSR count). The fourth-order valence-corrected chi connectivity index (χ4v) is 1.96. The topological polar surface area (TPSA) is 42.4 Å². The molecular formula is C12H17NO2. The maximum atomic E-state index is 9.79. The lowest BCUT2D eigenvalue weighted by Gasteiger charge is -2.27. The number of hydrogen-bond acceptors (Lipinski definition) is 3. The highest BCUT2D eigenvalue weighted by atomic mass is 16.5. The zero-order valence-electron chi connectivity index (χ0n) is 9.02. The van der Waals surface area contributed by atoms with Gasteiger partial charge in [0.2, 0.25) is 0 Å². The van der Waals surface area contributed by atoms with E-state index in [1.54, 1.807) is 0 Å². The Bertz CT molecular complexity index is 327. The van der Waals surface area contributed by atoms with E-state index in [-0.39, 0.29) is 12.0 Å². The van der Waals surface area contributed by atoms with Gasteiger partial charge in [-0.1, -0.05) is 6.07 Å². The number of ether oxygens (including phenoxy) is 1. The molecule has 1 saturated heterocycles. The number of nitrogens with zero attached hydrogens (tertiary/aromatic N) is 1. The van der Waals surface area contributed by atoms with Gasteiger partial charge in [-0.05, 0) is 31.9 Å². The van der Waals surface area contributed by atoms with Crippen LogP contribution in [0.4, 0.5) is 0 Å². The minimum atomic E-state index is -0.235. The first-order valence-electron chi connectivity index (χ1n) is 5.44. The SMILES string of the molecule is Cc1cccc(CC2COCCC2O)n1. The summed E-state index contributed by atoms with van der Waals surface area (Å²) in [6, 6.07) is 6.00. The fourth-order valence-electron chi connectivity index (χ4n) is 1.96. The van der Waals surface area contributed by atoms with Gasteiger partial charge in [-0.25, -0.2) is 0 Å². The van der Waals surface area contributed by atoms with Crippen LogP contribution in [0.15, 0.2) is 18.2 Å². The third-order valence-corrected chi connectivity index (χ3v) is 2.85. The van der Waals surface area contributed by atoms with Crippen molar-refractivity contribution in [2.45, 2.75) is 25.9 Å². The van der Waals surface area contributed by atoms with Crippen LogP contribution < -0.4 is 0 Å². The van der Waals surface area contributed by atoms with E-state index in [2.05, 4.69) is 4.98 Å². The van der Waals surface area contributed by atoms with Crippen molar-refractivity contribution < 1.29 is 9.84 Å². The zero-order chi connectivity index (χ0) is 10.7. The van der Waals surface area contributed by atoms with Crippen molar-refractivity contribution in [3.63, 3.8) is 0 Å². The molecule has 2 unspecified atom stereocenters. The quantitative estimate of drug-likeness (QED) is 0.795. The lowest BCUT2D eigenvalue weighted by atomic mass is 9.93. The fraction of sp³-hybridized carbons (Fsp3) is 0.583. The third kappa shape index (κ3) is 2.76. The second kappa shape index (κ2) is 4.73. The zero-order valence-corrected chi connectivity index (χ0v) is 9.02. The van der Waals surface area contributed by atoms with E-state index in [4.69, 9.17) is 4.74 Å². The van der Waals surface area contributed by atoms with Gasteiger partial charge in [0, 0.05) is 23.9 Å². The first-order chi connectivity index (χ1) is 7.25. The molecule has 0 amide bonds. The number of aromatic nitrogens is 1. The maximum Gasteiger partial charge on any atom is 0.0616 e. The van der Waals surface area contributed by atoms with Crippen LogP contribution in [0.2, 0.25) is 0 Å². The van der Waals surface area contributed by atoms with Crippen LogP contribution >= 0.6 is 0 Å². The highest BCUT2D eigenvalue weighted by molar-refractivity contribution is 5.10. The second-order valence-electron chi connectivity index (χ2n) is 4.17. The molecule has 1 N–H and O–H groups in total. The summed E-state index contributed by atoms with van der Waals surface area (Å²) in [6.07, 6.45) is 1.32. The molecule has 1 aromatic rings. The summed E-state index contributed by atoms with van der Waals surface area (Å²) < 4.78 is 5.37. The van der Waals surface area contributed by atoms with Crippen LogP contribution in [0.1, 0.15) is 17.8 Å². The van der Waals surface area contributed by atoms with Crippen LogP contribution in [-0.4, -0.2) is 29.4 Å². The number of aliphatic hydroxyl groups excluding tert-OH is 1. The number of aliphatic hydroxyl groups is 1. The van der Waals surface area contributed by atoms with Gasteiger partial charge < -0.3 is 9.84 Å². The molecule has 1 fully saturated rings. The molecule has 0 bridgehead atoms. The molecular weight excluding hydrogens is 190 g/mol. The molecule has 82 valence electrons. The van der Waals surface area contributed by atoms with Gasteiger partial charge in [0.1, 0.15) is 0 Å². The van der Waals surface area contributed by atoms with E-state index in [0.717, 1.165) is 24.2 Å². The van der Waals surface area contributed by atoms with Crippen molar-refractivity contribution in [3.05, 3.63) is 29.6 Å². The Kier molecular flexibility index (Phi) is 3.34. The average molecular weight is 207 g/mol. The Morgan fingerprint density at radius 2 is 2.40 bits per heavy atom. The van der Waals surface area contributed by atoms with Crippen LogP contribution in [0.5, 0.6) is 0 Å². The van der Waals surface area contributed by atoms with E-state index in [0.29, 0.717) is 13.2 Å². The van der Waals surface area contributed by atoms with Crippen molar-refractivity contribution in [1.29, 1.82) is 0 Å². The lowest BCUT2D eigenvalue weighted by Crippen LogP contribution is -2.33. The van der Waals surface area contributed by atoms with E-state index >= 15 is 0 Å². The second-order valence-corrected chi connectivity index (χ2v) is 4.17. The van der Waals surface area contributed by atoms with Gasteiger partial charge in [-0.3, -0.25) is 4.98 Å². The predicted octanol–water partition coefficient (Wildman–Crippen LogP) is 1.33. The highest BCUT2D eigenvalue weighted by Crippen LogP contribution is 2.18. The summed E-state index contributed by atoms with van der Waals surface area (Å²) in [5, 5.41) is 9.79. The Balaban J connectivity index is 2.01. The van der Waals surface area contributed by atoms with Gasteiger partial charge in [0.05, 0.1) is 12.7 Å². The first kappa shape index (κ1) is 10.6. The molecule has 0 radical (unpaired) electrons.